The number of hydrogen-bond acceptors (Lipinski definition) is 7. The van der Waals surface area contributed by atoms with Crippen LogP contribution < -0.4 is 26.7 Å². The number of hydrogen-bond donors (Lipinski definition) is 4. The fourth-order valence-electron chi connectivity index (χ4n) is 5.26. The highest BCUT2D eigenvalue weighted by Crippen LogP contribution is 2.39. The lowest BCUT2D eigenvalue weighted by molar-refractivity contribution is -0.134. The number of benzene rings is 2. The lowest BCUT2D eigenvalue weighted by Crippen LogP contribution is -2.67. The van der Waals surface area contributed by atoms with E-state index in [0.29, 0.717) is 18.8 Å². The average molecular weight is 481 g/mol. The maximum Gasteiger partial charge on any atom is 0.253 e. The van der Waals surface area contributed by atoms with Crippen molar-refractivity contribution in [3.8, 4) is 11.5 Å². The molecule has 3 aliphatic rings. The summed E-state index contributed by atoms with van der Waals surface area (Å²) in [6.45, 7) is 4.76. The average Bonchev–Trinajstić information content (AvgIpc) is 3.30. The van der Waals surface area contributed by atoms with Crippen molar-refractivity contribution < 1.29 is 18.7 Å². The summed E-state index contributed by atoms with van der Waals surface area (Å²) in [6, 6.07) is 12.8. The minimum Gasteiger partial charge on any atom is -0.454 e. The van der Waals surface area contributed by atoms with Gasteiger partial charge in [0.05, 0.1) is 12.2 Å². The van der Waals surface area contributed by atoms with Crippen LogP contribution >= 0.6 is 0 Å². The van der Waals surface area contributed by atoms with Crippen LogP contribution in [0.25, 0.3) is 0 Å². The van der Waals surface area contributed by atoms with Gasteiger partial charge in [-0.25, -0.2) is 20.3 Å². The number of ether oxygens (including phenoxy) is 1. The molecule has 5 rings (SSSR count). The van der Waals surface area contributed by atoms with E-state index >= 15 is 0 Å². The van der Waals surface area contributed by atoms with E-state index in [4.69, 9.17) is 10.5 Å². The first-order valence-electron chi connectivity index (χ1n) is 11.8. The predicted octanol–water partition coefficient (Wildman–Crippen LogP) is 1.56. The predicted molar refractivity (Wildman–Crippen MR) is 127 cm³/mol. The third-order valence-electron chi connectivity index (χ3n) is 6.96. The number of nitrogens with zero attached hydrogens (tertiary/aromatic N) is 2. The van der Waals surface area contributed by atoms with Crippen LogP contribution in [-0.4, -0.2) is 53.1 Å². The number of amides is 2. The van der Waals surface area contributed by atoms with Gasteiger partial charge in [0.15, 0.2) is 11.6 Å². The summed E-state index contributed by atoms with van der Waals surface area (Å²) in [5, 5.41) is 1.97. The summed E-state index contributed by atoms with van der Waals surface area (Å²) in [7, 11) is 0. The molecule has 0 saturated carbocycles. The van der Waals surface area contributed by atoms with Crippen molar-refractivity contribution in [1.82, 2.24) is 26.2 Å². The molecule has 3 heterocycles. The van der Waals surface area contributed by atoms with Crippen LogP contribution in [0.15, 0.2) is 61.2 Å². The Morgan fingerprint density at radius 3 is 2.71 bits per heavy atom. The first-order valence-corrected chi connectivity index (χ1v) is 11.8. The lowest BCUT2D eigenvalue weighted by Gasteiger charge is -2.41. The molecule has 0 aliphatic carbocycles. The minimum absolute atomic E-state index is 0.0511. The number of piperidine rings is 1. The third kappa shape index (κ3) is 4.53. The molecule has 184 valence electrons. The lowest BCUT2D eigenvalue weighted by atomic mass is 9.85. The van der Waals surface area contributed by atoms with Crippen molar-refractivity contribution in [1.29, 1.82) is 0 Å². The first-order chi connectivity index (χ1) is 17.0. The standard InChI is InChI=1S/C25H29FN6O3/c1-2-20(33)31-13-5-6-16(14-31)32-23-21(24(27)28-29-25(23)34)22(30-32)15-9-11-17(12-10-15)35-19-8-4-3-7-18(19)26/h2-4,7-12,16,21-24,28,30H,1,5-6,13-14,27H2,(H,29,34)/t16-,21?,22?,23?,24?/m1/s1. The van der Waals surface area contributed by atoms with Crippen molar-refractivity contribution >= 4 is 11.8 Å². The summed E-state index contributed by atoms with van der Waals surface area (Å²) in [4.78, 5) is 26.9. The summed E-state index contributed by atoms with van der Waals surface area (Å²) in [5.74, 6) is -0.324. The van der Waals surface area contributed by atoms with E-state index in [2.05, 4.69) is 22.9 Å². The monoisotopic (exact) mass is 480 g/mol. The van der Waals surface area contributed by atoms with Gasteiger partial charge >= 0.3 is 0 Å². The quantitative estimate of drug-likeness (QED) is 0.481. The van der Waals surface area contributed by atoms with Crippen LogP contribution in [0.2, 0.25) is 0 Å². The number of nitrogens with two attached hydrogens (primary N) is 1. The molecule has 2 aromatic carbocycles. The van der Waals surface area contributed by atoms with E-state index in [1.165, 1.54) is 12.1 Å². The number of fused-ring (bicyclic) bond motifs is 1. The number of carbonyl (C=O) groups excluding carboxylic acids is 2. The van der Waals surface area contributed by atoms with E-state index in [0.717, 1.165) is 18.4 Å². The van der Waals surface area contributed by atoms with Crippen molar-refractivity contribution in [2.75, 3.05) is 13.1 Å². The Morgan fingerprint density at radius 1 is 1.20 bits per heavy atom. The highest BCUT2D eigenvalue weighted by Gasteiger charge is 2.53. The van der Waals surface area contributed by atoms with Gasteiger partial charge in [0.1, 0.15) is 11.8 Å². The van der Waals surface area contributed by atoms with Gasteiger partial charge in [-0.3, -0.25) is 15.0 Å². The molecule has 3 aliphatic heterocycles. The smallest absolute Gasteiger partial charge is 0.253 e. The Labute approximate surface area is 203 Å². The summed E-state index contributed by atoms with van der Waals surface area (Å²) in [5.41, 5.74) is 16.4. The van der Waals surface area contributed by atoms with Gasteiger partial charge in [0, 0.05) is 25.0 Å². The van der Waals surface area contributed by atoms with Crippen molar-refractivity contribution in [2.45, 2.75) is 37.1 Å². The molecule has 5 atom stereocenters. The molecule has 3 saturated heterocycles. The highest BCUT2D eigenvalue weighted by atomic mass is 19.1. The Balaban J connectivity index is 1.39. The second-order valence-electron chi connectivity index (χ2n) is 9.08. The van der Waals surface area contributed by atoms with Crippen LogP contribution in [0, 0.1) is 11.7 Å². The maximum atomic E-state index is 14.0. The Hall–Kier alpha value is -3.31. The Kier molecular flexibility index (Phi) is 6.52. The summed E-state index contributed by atoms with van der Waals surface area (Å²) in [6.07, 6.45) is 2.51. The zero-order chi connectivity index (χ0) is 24.5. The van der Waals surface area contributed by atoms with Gasteiger partial charge in [0.2, 0.25) is 5.91 Å². The van der Waals surface area contributed by atoms with Gasteiger partial charge in [-0.1, -0.05) is 30.8 Å². The zero-order valence-corrected chi connectivity index (χ0v) is 19.2. The normalized spacial score (nSPS) is 28.8. The summed E-state index contributed by atoms with van der Waals surface area (Å²) >= 11 is 0. The molecular formula is C25H29FN6O3. The second-order valence-corrected chi connectivity index (χ2v) is 9.08. The van der Waals surface area contributed by atoms with Crippen molar-refractivity contribution in [3.63, 3.8) is 0 Å². The second kappa shape index (κ2) is 9.74. The van der Waals surface area contributed by atoms with Crippen LogP contribution in [-0.2, 0) is 9.59 Å². The Morgan fingerprint density at radius 2 is 1.97 bits per heavy atom. The fraction of sp³-hybridized carbons (Fsp3) is 0.360. The van der Waals surface area contributed by atoms with E-state index in [9.17, 15) is 14.0 Å². The van der Waals surface area contributed by atoms with E-state index in [-0.39, 0.29) is 35.6 Å². The number of halogens is 1. The molecule has 5 N–H and O–H groups in total. The number of rotatable bonds is 5. The number of nitrogens with one attached hydrogen (secondary N) is 3. The molecular weight excluding hydrogens is 451 g/mol. The van der Waals surface area contributed by atoms with E-state index in [1.807, 2.05) is 17.1 Å². The zero-order valence-electron chi connectivity index (χ0n) is 19.2. The van der Waals surface area contributed by atoms with E-state index < -0.39 is 18.0 Å². The van der Waals surface area contributed by atoms with Crippen LogP contribution in [0.1, 0.15) is 24.4 Å². The number of carbonyl (C=O) groups is 2. The van der Waals surface area contributed by atoms with Crippen LogP contribution in [0.4, 0.5) is 4.39 Å². The van der Waals surface area contributed by atoms with Gasteiger partial charge in [0.25, 0.3) is 5.91 Å². The number of likely N-dealkylation sites (tertiary alicyclic amines) is 1. The van der Waals surface area contributed by atoms with Crippen molar-refractivity contribution in [2.24, 2.45) is 11.7 Å². The molecule has 2 aromatic rings. The minimum atomic E-state index is -0.505. The number of hydrazine groups is 2. The molecule has 0 bridgehead atoms. The maximum absolute atomic E-state index is 14.0. The largest absolute Gasteiger partial charge is 0.454 e. The molecule has 2 amide bonds. The van der Waals surface area contributed by atoms with Gasteiger partial charge < -0.3 is 15.4 Å². The van der Waals surface area contributed by atoms with E-state index in [1.54, 1.807) is 35.2 Å². The third-order valence-corrected chi connectivity index (χ3v) is 6.96. The highest BCUT2D eigenvalue weighted by molar-refractivity contribution is 5.87. The molecule has 10 heteroatoms. The molecule has 0 aromatic heterocycles. The number of para-hydroxylation sites is 1. The summed E-state index contributed by atoms with van der Waals surface area (Å²) < 4.78 is 19.6. The fourth-order valence-corrected chi connectivity index (χ4v) is 5.26. The van der Waals surface area contributed by atoms with Gasteiger partial charge in [-0.2, -0.15) is 0 Å². The first kappa shape index (κ1) is 23.4. The molecule has 9 nitrogen and oxygen atoms in total. The van der Waals surface area contributed by atoms with Crippen LogP contribution in [0.5, 0.6) is 11.5 Å². The van der Waals surface area contributed by atoms with Crippen LogP contribution in [0.3, 0.4) is 0 Å². The molecule has 0 spiro atoms. The van der Waals surface area contributed by atoms with Gasteiger partial charge in [-0.05, 0) is 48.7 Å². The SMILES string of the molecule is C=CC(=O)N1CCC[C@@H](N2NC(c3ccc(Oc4ccccc4F)cc3)C3C(N)NNC(=O)C32)C1. The Bertz CT molecular complexity index is 1110. The molecule has 35 heavy (non-hydrogen) atoms. The molecule has 4 unspecified atom stereocenters. The molecule has 3 fully saturated rings. The molecule has 0 radical (unpaired) electrons. The van der Waals surface area contributed by atoms with Crippen molar-refractivity contribution in [3.05, 3.63) is 72.6 Å². The van der Waals surface area contributed by atoms with Gasteiger partial charge in [-0.15, -0.1) is 0 Å². The topological polar surface area (TPSA) is 112 Å².